The van der Waals surface area contributed by atoms with E-state index in [-0.39, 0.29) is 19.2 Å². The third-order valence-corrected chi connectivity index (χ3v) is 1.98. The van der Waals surface area contributed by atoms with Gasteiger partial charge in [0, 0.05) is 6.92 Å². The van der Waals surface area contributed by atoms with Crippen LogP contribution in [0.1, 0.15) is 12.5 Å². The van der Waals surface area contributed by atoms with E-state index in [1.54, 1.807) is 24.3 Å². The largest absolute Gasteiger partial charge is 0.473 e. The van der Waals surface area contributed by atoms with E-state index in [9.17, 15) is 9.59 Å². The van der Waals surface area contributed by atoms with Gasteiger partial charge in [-0.3, -0.25) is 15.5 Å². The Hall–Kier alpha value is -2.32. The average molecular weight is 269 g/mol. The summed E-state index contributed by atoms with van der Waals surface area (Å²) in [5, 5.41) is 10.6. The molecule has 104 valence electrons. The number of hydrazine groups is 1. The summed E-state index contributed by atoms with van der Waals surface area (Å²) in [6.07, 6.45) is 0. The van der Waals surface area contributed by atoms with Crippen molar-refractivity contribution in [3.05, 3.63) is 29.8 Å². The number of amides is 3. The Kier molecular flexibility index (Phi) is 6.13. The van der Waals surface area contributed by atoms with Crippen molar-refractivity contribution in [3.8, 4) is 5.75 Å². The molecule has 4 N–H and O–H groups in total. The lowest BCUT2D eigenvalue weighted by atomic mass is 10.2. The summed E-state index contributed by atoms with van der Waals surface area (Å²) in [5.41, 5.74) is 5.03. The molecule has 1 rings (SSSR count). The number of hydrogen-bond donors (Lipinski definition) is 4. The van der Waals surface area contributed by atoms with Gasteiger partial charge in [-0.25, -0.2) is 15.1 Å². The SMILES string of the molecule is CC(=O)NNC(=O)NCOc1ccc(COO)cc1. The summed E-state index contributed by atoms with van der Waals surface area (Å²) in [6.45, 7) is 1.31. The first kappa shape index (κ1) is 14.7. The first-order valence-electron chi connectivity index (χ1n) is 5.40. The van der Waals surface area contributed by atoms with Crippen LogP contribution in [0.3, 0.4) is 0 Å². The Labute approximate surface area is 109 Å². The molecule has 0 saturated carbocycles. The molecule has 0 unspecified atom stereocenters. The lowest BCUT2D eigenvalue weighted by Gasteiger charge is -2.09. The third kappa shape index (κ3) is 6.24. The zero-order chi connectivity index (χ0) is 14.1. The zero-order valence-corrected chi connectivity index (χ0v) is 10.3. The van der Waals surface area contributed by atoms with Gasteiger partial charge in [0.1, 0.15) is 12.4 Å². The van der Waals surface area contributed by atoms with Crippen LogP contribution < -0.4 is 20.9 Å². The highest BCUT2D eigenvalue weighted by Crippen LogP contribution is 2.12. The molecule has 0 bridgehead atoms. The van der Waals surface area contributed by atoms with Gasteiger partial charge in [0.2, 0.25) is 5.91 Å². The lowest BCUT2D eigenvalue weighted by molar-refractivity contribution is -0.253. The summed E-state index contributed by atoms with van der Waals surface area (Å²) >= 11 is 0. The standard InChI is InChI=1S/C11H15N3O5/c1-8(15)13-14-11(16)12-7-18-10-4-2-9(3-5-10)6-19-17/h2-5,17H,6-7H2,1H3,(H,13,15)(H2,12,14,16). The highest BCUT2D eigenvalue weighted by Gasteiger charge is 2.00. The van der Waals surface area contributed by atoms with Gasteiger partial charge in [-0.05, 0) is 17.7 Å². The summed E-state index contributed by atoms with van der Waals surface area (Å²) in [7, 11) is 0. The molecule has 0 saturated heterocycles. The van der Waals surface area contributed by atoms with E-state index in [0.717, 1.165) is 5.56 Å². The van der Waals surface area contributed by atoms with Gasteiger partial charge in [-0.2, -0.15) is 0 Å². The fourth-order valence-corrected chi connectivity index (χ4v) is 1.13. The third-order valence-electron chi connectivity index (χ3n) is 1.98. The lowest BCUT2D eigenvalue weighted by Crippen LogP contribution is -2.47. The first-order chi connectivity index (χ1) is 9.11. The van der Waals surface area contributed by atoms with Crippen LogP contribution in [0.5, 0.6) is 5.75 Å². The number of ether oxygens (including phenoxy) is 1. The van der Waals surface area contributed by atoms with Crippen molar-refractivity contribution in [1.29, 1.82) is 0 Å². The quantitative estimate of drug-likeness (QED) is 0.350. The first-order valence-corrected chi connectivity index (χ1v) is 5.40. The Morgan fingerprint density at radius 3 is 2.47 bits per heavy atom. The van der Waals surface area contributed by atoms with Crippen LogP contribution in [0, 0.1) is 0 Å². The maximum absolute atomic E-state index is 11.1. The number of carbonyl (C=O) groups excluding carboxylic acids is 2. The van der Waals surface area contributed by atoms with Gasteiger partial charge >= 0.3 is 6.03 Å². The van der Waals surface area contributed by atoms with Crippen molar-refractivity contribution >= 4 is 11.9 Å². The van der Waals surface area contributed by atoms with Crippen LogP contribution in [0.4, 0.5) is 4.79 Å². The molecule has 0 radical (unpaired) electrons. The number of urea groups is 1. The van der Waals surface area contributed by atoms with Crippen molar-refractivity contribution < 1.29 is 24.5 Å². The number of benzene rings is 1. The van der Waals surface area contributed by atoms with Gasteiger partial charge in [-0.15, -0.1) is 0 Å². The minimum atomic E-state index is -0.583. The van der Waals surface area contributed by atoms with E-state index in [0.29, 0.717) is 5.75 Å². The zero-order valence-electron chi connectivity index (χ0n) is 10.3. The summed E-state index contributed by atoms with van der Waals surface area (Å²) < 4.78 is 5.23. The molecule has 0 spiro atoms. The van der Waals surface area contributed by atoms with Gasteiger partial charge in [-0.1, -0.05) is 12.1 Å². The van der Waals surface area contributed by atoms with Crippen molar-refractivity contribution in [2.75, 3.05) is 6.73 Å². The van der Waals surface area contributed by atoms with Gasteiger partial charge in [0.25, 0.3) is 0 Å². The van der Waals surface area contributed by atoms with Crippen molar-refractivity contribution in [2.24, 2.45) is 0 Å². The van der Waals surface area contributed by atoms with Crippen molar-refractivity contribution in [3.63, 3.8) is 0 Å². The molecule has 0 aliphatic rings. The molecule has 0 aromatic heterocycles. The van der Waals surface area contributed by atoms with E-state index in [4.69, 9.17) is 9.99 Å². The van der Waals surface area contributed by atoms with Crippen LogP contribution in [-0.4, -0.2) is 23.9 Å². The second-order valence-corrected chi connectivity index (χ2v) is 3.52. The maximum atomic E-state index is 11.1. The molecule has 3 amide bonds. The van der Waals surface area contributed by atoms with Gasteiger partial charge < -0.3 is 10.1 Å². The van der Waals surface area contributed by atoms with Crippen LogP contribution >= 0.6 is 0 Å². The number of carbonyl (C=O) groups is 2. The Morgan fingerprint density at radius 2 is 1.89 bits per heavy atom. The normalized spacial score (nSPS) is 9.58. The second-order valence-electron chi connectivity index (χ2n) is 3.52. The molecule has 1 aromatic carbocycles. The van der Waals surface area contributed by atoms with E-state index >= 15 is 0 Å². The summed E-state index contributed by atoms with van der Waals surface area (Å²) in [6, 6.07) is 6.18. The minimum Gasteiger partial charge on any atom is -0.473 e. The predicted octanol–water partition coefficient (Wildman–Crippen LogP) is 0.363. The molecule has 0 fully saturated rings. The highest BCUT2D eigenvalue weighted by molar-refractivity contribution is 5.79. The van der Waals surface area contributed by atoms with E-state index in [2.05, 4.69) is 21.1 Å². The molecular weight excluding hydrogens is 254 g/mol. The minimum absolute atomic E-state index is 0.0543. The van der Waals surface area contributed by atoms with E-state index in [1.165, 1.54) is 6.92 Å². The Balaban J connectivity index is 2.25. The monoisotopic (exact) mass is 269 g/mol. The van der Waals surface area contributed by atoms with Crippen LogP contribution in [0.15, 0.2) is 24.3 Å². The van der Waals surface area contributed by atoms with Crippen LogP contribution in [0.25, 0.3) is 0 Å². The fraction of sp³-hybridized carbons (Fsp3) is 0.273. The molecule has 8 heteroatoms. The highest BCUT2D eigenvalue weighted by atomic mass is 17.1. The number of nitrogens with one attached hydrogen (secondary N) is 3. The van der Waals surface area contributed by atoms with Crippen LogP contribution in [0.2, 0.25) is 0 Å². The predicted molar refractivity (Wildman–Crippen MR) is 64.8 cm³/mol. The number of hydrogen-bond acceptors (Lipinski definition) is 5. The fourth-order valence-electron chi connectivity index (χ4n) is 1.13. The molecular formula is C11H15N3O5. The topological polar surface area (TPSA) is 109 Å². The number of rotatable bonds is 5. The maximum Gasteiger partial charge on any atom is 0.336 e. The Bertz CT molecular complexity index is 421. The molecule has 19 heavy (non-hydrogen) atoms. The molecule has 0 heterocycles. The van der Waals surface area contributed by atoms with E-state index < -0.39 is 6.03 Å². The molecule has 8 nitrogen and oxygen atoms in total. The van der Waals surface area contributed by atoms with E-state index in [1.807, 2.05) is 0 Å². The molecule has 0 aliphatic carbocycles. The van der Waals surface area contributed by atoms with Gasteiger partial charge in [0.05, 0.1) is 0 Å². The molecule has 1 aromatic rings. The van der Waals surface area contributed by atoms with Crippen molar-refractivity contribution in [2.45, 2.75) is 13.5 Å². The summed E-state index contributed by atoms with van der Waals surface area (Å²) in [4.78, 5) is 25.6. The second kappa shape index (κ2) is 7.90. The van der Waals surface area contributed by atoms with Crippen molar-refractivity contribution in [1.82, 2.24) is 16.2 Å². The summed E-state index contributed by atoms with van der Waals surface area (Å²) in [5.74, 6) is 0.166. The molecule has 0 atom stereocenters. The smallest absolute Gasteiger partial charge is 0.336 e. The molecule has 0 aliphatic heterocycles. The Morgan fingerprint density at radius 1 is 1.21 bits per heavy atom. The van der Waals surface area contributed by atoms with Gasteiger partial charge in [0.15, 0.2) is 6.73 Å². The average Bonchev–Trinajstić information content (AvgIpc) is 2.39. The van der Waals surface area contributed by atoms with Crippen LogP contribution in [-0.2, 0) is 16.3 Å².